The summed E-state index contributed by atoms with van der Waals surface area (Å²) in [7, 11) is 0. The second-order valence-corrected chi connectivity index (χ2v) is 5.37. The van der Waals surface area contributed by atoms with Crippen LogP contribution in [0, 0.1) is 0 Å². The molecule has 1 unspecified atom stereocenters. The fourth-order valence-electron chi connectivity index (χ4n) is 2.05. The molecule has 7 heteroatoms. The lowest BCUT2D eigenvalue weighted by atomic mass is 10.2. The molecule has 2 aromatic heterocycles. The van der Waals surface area contributed by atoms with E-state index in [1.807, 2.05) is 29.3 Å². The average molecular weight is 278 g/mol. The number of nitrogens with one attached hydrogen (secondary N) is 1. The Hall–Kier alpha value is -1.73. The third-order valence-electron chi connectivity index (χ3n) is 3.15. The summed E-state index contributed by atoms with van der Waals surface area (Å²) in [5, 5.41) is 12.9. The van der Waals surface area contributed by atoms with Gasteiger partial charge in [0.15, 0.2) is 0 Å². The first-order chi connectivity index (χ1) is 9.24. The summed E-state index contributed by atoms with van der Waals surface area (Å²) >= 11 is 1.56. The second kappa shape index (κ2) is 5.10. The fraction of sp³-hybridized carbons (Fsp3) is 0.417. The lowest BCUT2D eigenvalue weighted by Gasteiger charge is -2.29. The predicted molar refractivity (Wildman–Crippen MR) is 70.6 cm³/mol. The van der Waals surface area contributed by atoms with Crippen LogP contribution in [0.5, 0.6) is 0 Å². The number of rotatable bonds is 3. The van der Waals surface area contributed by atoms with Crippen molar-refractivity contribution in [2.75, 3.05) is 19.6 Å². The van der Waals surface area contributed by atoms with Crippen LogP contribution in [-0.4, -0.2) is 40.6 Å². The predicted octanol–water partition coefficient (Wildman–Crippen LogP) is 1.29. The Bertz CT molecular complexity index is 566. The monoisotopic (exact) mass is 278 g/mol. The molecular weight excluding hydrogens is 264 g/mol. The van der Waals surface area contributed by atoms with Crippen LogP contribution >= 0.6 is 11.3 Å². The van der Waals surface area contributed by atoms with E-state index in [1.54, 1.807) is 11.3 Å². The Morgan fingerprint density at radius 1 is 1.53 bits per heavy atom. The number of hydrogen-bond acceptors (Lipinski definition) is 6. The van der Waals surface area contributed by atoms with Gasteiger partial charge in [-0.2, -0.15) is 0 Å². The van der Waals surface area contributed by atoms with Crippen molar-refractivity contribution in [2.45, 2.75) is 13.0 Å². The Kier molecular flexibility index (Phi) is 3.31. The number of thiophene rings is 1. The molecule has 1 fully saturated rings. The largest absolute Gasteiger partial charge is 0.418 e. The molecule has 0 saturated carbocycles. The van der Waals surface area contributed by atoms with Gasteiger partial charge in [0.2, 0.25) is 11.8 Å². The number of nitrogens with zero attached hydrogens (tertiary/aromatic N) is 3. The van der Waals surface area contributed by atoms with Crippen molar-refractivity contribution in [3.63, 3.8) is 0 Å². The van der Waals surface area contributed by atoms with Crippen molar-refractivity contribution in [3.05, 3.63) is 23.4 Å². The van der Waals surface area contributed by atoms with E-state index < -0.39 is 0 Å². The molecule has 1 aliphatic rings. The SMILES string of the molecule is CC(c1nnc(-c2cccs2)o1)N1CCNC(=O)C1. The van der Waals surface area contributed by atoms with Crippen LogP contribution in [0.3, 0.4) is 0 Å². The summed E-state index contributed by atoms with van der Waals surface area (Å²) in [6, 6.07) is 3.84. The van der Waals surface area contributed by atoms with Gasteiger partial charge in [-0.05, 0) is 18.4 Å². The van der Waals surface area contributed by atoms with Crippen molar-refractivity contribution in [1.29, 1.82) is 0 Å². The minimum absolute atomic E-state index is 0.0381. The first-order valence-corrected chi connectivity index (χ1v) is 7.00. The molecule has 0 aromatic carbocycles. The average Bonchev–Trinajstić information content (AvgIpc) is 3.08. The van der Waals surface area contributed by atoms with Crippen LogP contribution in [-0.2, 0) is 4.79 Å². The summed E-state index contributed by atoms with van der Waals surface area (Å²) < 4.78 is 5.69. The van der Waals surface area contributed by atoms with E-state index in [0.717, 1.165) is 11.4 Å². The van der Waals surface area contributed by atoms with E-state index >= 15 is 0 Å². The summed E-state index contributed by atoms with van der Waals surface area (Å²) in [6.07, 6.45) is 0. The standard InChI is InChI=1S/C12H14N4O2S/c1-8(16-5-4-13-10(17)7-16)11-14-15-12(18-11)9-3-2-6-19-9/h2-3,6,8H,4-5,7H2,1H3,(H,13,17). The molecule has 1 aliphatic heterocycles. The zero-order chi connectivity index (χ0) is 13.2. The minimum atomic E-state index is -0.0488. The third-order valence-corrected chi connectivity index (χ3v) is 4.00. The lowest BCUT2D eigenvalue weighted by Crippen LogP contribution is -2.48. The highest BCUT2D eigenvalue weighted by Crippen LogP contribution is 2.26. The van der Waals surface area contributed by atoms with Gasteiger partial charge in [-0.25, -0.2) is 0 Å². The second-order valence-electron chi connectivity index (χ2n) is 4.42. The molecular formula is C12H14N4O2S. The first-order valence-electron chi connectivity index (χ1n) is 6.12. The Balaban J connectivity index is 1.77. The summed E-state index contributed by atoms with van der Waals surface area (Å²) in [5.41, 5.74) is 0. The zero-order valence-electron chi connectivity index (χ0n) is 10.5. The van der Waals surface area contributed by atoms with Gasteiger partial charge in [0, 0.05) is 13.1 Å². The van der Waals surface area contributed by atoms with E-state index in [4.69, 9.17) is 4.42 Å². The van der Waals surface area contributed by atoms with Gasteiger partial charge in [0.25, 0.3) is 5.89 Å². The van der Waals surface area contributed by atoms with E-state index in [1.165, 1.54) is 0 Å². The highest BCUT2D eigenvalue weighted by molar-refractivity contribution is 7.13. The maximum atomic E-state index is 11.4. The van der Waals surface area contributed by atoms with E-state index in [2.05, 4.69) is 15.5 Å². The zero-order valence-corrected chi connectivity index (χ0v) is 11.3. The molecule has 1 saturated heterocycles. The molecule has 3 rings (SSSR count). The highest BCUT2D eigenvalue weighted by atomic mass is 32.1. The molecule has 0 bridgehead atoms. The number of amides is 1. The van der Waals surface area contributed by atoms with Gasteiger partial charge < -0.3 is 9.73 Å². The van der Waals surface area contributed by atoms with Gasteiger partial charge in [0.1, 0.15) is 0 Å². The van der Waals surface area contributed by atoms with Crippen LogP contribution in [0.1, 0.15) is 18.9 Å². The quantitative estimate of drug-likeness (QED) is 0.916. The fourth-order valence-corrected chi connectivity index (χ4v) is 2.69. The molecule has 2 aromatic rings. The van der Waals surface area contributed by atoms with Crippen LogP contribution in [0.2, 0.25) is 0 Å². The molecule has 3 heterocycles. The summed E-state index contributed by atoms with van der Waals surface area (Å²) in [5.74, 6) is 1.13. The van der Waals surface area contributed by atoms with Crippen molar-refractivity contribution in [2.24, 2.45) is 0 Å². The Morgan fingerprint density at radius 3 is 3.16 bits per heavy atom. The molecule has 0 radical (unpaired) electrons. The van der Waals surface area contributed by atoms with Gasteiger partial charge >= 0.3 is 0 Å². The van der Waals surface area contributed by atoms with Gasteiger partial charge in [0.05, 0.1) is 17.5 Å². The van der Waals surface area contributed by atoms with Crippen LogP contribution in [0.25, 0.3) is 10.8 Å². The van der Waals surface area contributed by atoms with Crippen LogP contribution in [0.15, 0.2) is 21.9 Å². The maximum Gasteiger partial charge on any atom is 0.257 e. The van der Waals surface area contributed by atoms with Crippen molar-refractivity contribution in [1.82, 2.24) is 20.4 Å². The molecule has 6 nitrogen and oxygen atoms in total. The molecule has 1 atom stereocenters. The van der Waals surface area contributed by atoms with Gasteiger partial charge in [-0.3, -0.25) is 9.69 Å². The number of carbonyl (C=O) groups is 1. The first kappa shape index (κ1) is 12.3. The number of hydrogen-bond donors (Lipinski definition) is 1. The third kappa shape index (κ3) is 2.52. The lowest BCUT2D eigenvalue weighted by molar-refractivity contribution is -0.124. The molecule has 0 spiro atoms. The van der Waals surface area contributed by atoms with E-state index in [-0.39, 0.29) is 11.9 Å². The minimum Gasteiger partial charge on any atom is -0.418 e. The number of aromatic nitrogens is 2. The molecule has 1 N–H and O–H groups in total. The van der Waals surface area contributed by atoms with Crippen LogP contribution in [0.4, 0.5) is 0 Å². The topological polar surface area (TPSA) is 71.3 Å². The Labute approximate surface area is 114 Å². The highest BCUT2D eigenvalue weighted by Gasteiger charge is 2.26. The molecule has 19 heavy (non-hydrogen) atoms. The Morgan fingerprint density at radius 2 is 2.42 bits per heavy atom. The molecule has 0 aliphatic carbocycles. The van der Waals surface area contributed by atoms with Crippen LogP contribution < -0.4 is 5.32 Å². The number of carbonyl (C=O) groups excluding carboxylic acids is 1. The van der Waals surface area contributed by atoms with Crippen molar-refractivity contribution >= 4 is 17.2 Å². The smallest absolute Gasteiger partial charge is 0.257 e. The molecule has 1 amide bonds. The molecule has 100 valence electrons. The van der Waals surface area contributed by atoms with Gasteiger partial charge in [-0.1, -0.05) is 6.07 Å². The summed E-state index contributed by atoms with van der Waals surface area (Å²) in [6.45, 7) is 3.81. The van der Waals surface area contributed by atoms with Gasteiger partial charge in [-0.15, -0.1) is 21.5 Å². The maximum absolute atomic E-state index is 11.4. The van der Waals surface area contributed by atoms with Crippen molar-refractivity contribution < 1.29 is 9.21 Å². The van der Waals surface area contributed by atoms with E-state index in [9.17, 15) is 4.79 Å². The van der Waals surface area contributed by atoms with E-state index in [0.29, 0.717) is 24.9 Å². The number of piperazine rings is 1. The van der Waals surface area contributed by atoms with Crippen molar-refractivity contribution in [3.8, 4) is 10.8 Å². The normalized spacial score (nSPS) is 18.3. The summed E-state index contributed by atoms with van der Waals surface area (Å²) in [4.78, 5) is 14.4.